The molecule has 1 aliphatic heterocycles. The molecular weight excluding hydrogens is 256 g/mol. The van der Waals surface area contributed by atoms with Gasteiger partial charge in [-0.1, -0.05) is 23.8 Å². The lowest BCUT2D eigenvalue weighted by atomic mass is 9.91. The summed E-state index contributed by atoms with van der Waals surface area (Å²) in [6, 6.07) is 7.10. The number of hydrogen-bond acceptors (Lipinski definition) is 2. The first-order chi connectivity index (χ1) is 8.56. The van der Waals surface area contributed by atoms with Crippen LogP contribution in [0.2, 0.25) is 0 Å². The van der Waals surface area contributed by atoms with Crippen LogP contribution in [0, 0.1) is 19.8 Å². The second-order valence-electron chi connectivity index (χ2n) is 5.93. The molecule has 19 heavy (non-hydrogen) atoms. The quantitative estimate of drug-likeness (QED) is 0.922. The summed E-state index contributed by atoms with van der Waals surface area (Å²) in [5, 5.41) is 0. The third kappa shape index (κ3) is 4.48. The highest BCUT2D eigenvalue weighted by molar-refractivity contribution is 5.85. The zero-order valence-electron chi connectivity index (χ0n) is 12.4. The second-order valence-corrected chi connectivity index (χ2v) is 5.93. The zero-order valence-corrected chi connectivity index (χ0v) is 13.2. The number of nitrogens with two attached hydrogens (primary N) is 1. The maximum atomic E-state index is 6.05. The highest BCUT2D eigenvalue weighted by Gasteiger charge is 2.22. The molecule has 1 heterocycles. The monoisotopic (exact) mass is 282 g/mol. The van der Waals surface area contributed by atoms with Crippen LogP contribution in [0.15, 0.2) is 18.2 Å². The molecule has 1 fully saturated rings. The Bertz CT molecular complexity index is 404. The van der Waals surface area contributed by atoms with Crippen LogP contribution < -0.4 is 5.73 Å². The molecule has 0 bridgehead atoms. The maximum absolute atomic E-state index is 6.05. The van der Waals surface area contributed by atoms with Crippen molar-refractivity contribution in [1.82, 2.24) is 4.90 Å². The van der Waals surface area contributed by atoms with Gasteiger partial charge in [0.05, 0.1) is 0 Å². The number of aryl methyl sites for hydroxylation is 2. The van der Waals surface area contributed by atoms with E-state index in [1.807, 2.05) is 0 Å². The number of nitrogens with zero attached hydrogens (tertiary/aromatic N) is 1. The van der Waals surface area contributed by atoms with Crippen molar-refractivity contribution >= 4 is 12.4 Å². The molecule has 2 rings (SSSR count). The van der Waals surface area contributed by atoms with E-state index in [4.69, 9.17) is 5.73 Å². The Morgan fingerprint density at radius 1 is 1.37 bits per heavy atom. The summed E-state index contributed by atoms with van der Waals surface area (Å²) < 4.78 is 0. The zero-order chi connectivity index (χ0) is 13.1. The predicted octanol–water partition coefficient (Wildman–Crippen LogP) is 3.28. The molecule has 2 nitrogen and oxygen atoms in total. The van der Waals surface area contributed by atoms with Crippen molar-refractivity contribution in [3.05, 3.63) is 34.9 Å². The molecule has 0 saturated carbocycles. The van der Waals surface area contributed by atoms with Gasteiger partial charge in [0, 0.05) is 19.1 Å². The van der Waals surface area contributed by atoms with Gasteiger partial charge in [0.15, 0.2) is 0 Å². The number of benzene rings is 1. The third-order valence-electron chi connectivity index (χ3n) is 4.18. The number of rotatable bonds is 3. The average molecular weight is 283 g/mol. The molecule has 0 spiro atoms. The van der Waals surface area contributed by atoms with Crippen molar-refractivity contribution in [3.63, 3.8) is 0 Å². The van der Waals surface area contributed by atoms with Gasteiger partial charge in [-0.15, -0.1) is 12.4 Å². The Balaban J connectivity index is 0.00000180. The molecule has 0 amide bonds. The van der Waals surface area contributed by atoms with Crippen molar-refractivity contribution in [2.45, 2.75) is 46.2 Å². The van der Waals surface area contributed by atoms with Crippen LogP contribution in [0.3, 0.4) is 0 Å². The highest BCUT2D eigenvalue weighted by Crippen LogP contribution is 2.21. The van der Waals surface area contributed by atoms with Gasteiger partial charge in [0.2, 0.25) is 0 Å². The fraction of sp³-hybridized carbons (Fsp3) is 0.625. The lowest BCUT2D eigenvalue weighted by Gasteiger charge is -2.34. The molecule has 1 aromatic carbocycles. The first-order valence-electron chi connectivity index (χ1n) is 7.10. The van der Waals surface area contributed by atoms with E-state index in [-0.39, 0.29) is 12.4 Å². The summed E-state index contributed by atoms with van der Waals surface area (Å²) in [5.74, 6) is 0.671. The van der Waals surface area contributed by atoms with Gasteiger partial charge in [-0.3, -0.25) is 4.90 Å². The molecule has 0 radical (unpaired) electrons. The molecule has 2 unspecified atom stereocenters. The van der Waals surface area contributed by atoms with E-state index in [0.29, 0.717) is 12.0 Å². The minimum absolute atomic E-state index is 0. The Hall–Kier alpha value is -0.570. The minimum atomic E-state index is 0. The van der Waals surface area contributed by atoms with E-state index in [1.54, 1.807) is 0 Å². The normalized spacial score (nSPS) is 21.8. The molecule has 0 aromatic heterocycles. The second kappa shape index (κ2) is 7.28. The molecule has 2 N–H and O–H groups in total. The molecular formula is C16H27ClN2. The third-order valence-corrected chi connectivity index (χ3v) is 4.18. The first kappa shape index (κ1) is 16.5. The molecule has 108 valence electrons. The van der Waals surface area contributed by atoms with Crippen molar-refractivity contribution in [2.24, 2.45) is 11.7 Å². The van der Waals surface area contributed by atoms with Crippen LogP contribution in [0.25, 0.3) is 0 Å². The predicted molar refractivity (Wildman–Crippen MR) is 84.8 cm³/mol. The van der Waals surface area contributed by atoms with Crippen LogP contribution in [0.4, 0.5) is 0 Å². The van der Waals surface area contributed by atoms with Crippen molar-refractivity contribution in [2.75, 3.05) is 13.1 Å². The van der Waals surface area contributed by atoms with E-state index in [2.05, 4.69) is 43.9 Å². The van der Waals surface area contributed by atoms with E-state index in [9.17, 15) is 0 Å². The standard InChI is InChI=1S/C16H26N2.ClH/c1-12-6-7-15(13(2)9-12)10-18-8-4-5-16(11-18)14(3)17;/h6-7,9,14,16H,4-5,8,10-11,17H2,1-3H3;1H. The number of likely N-dealkylation sites (tertiary alicyclic amines) is 1. The topological polar surface area (TPSA) is 29.3 Å². The summed E-state index contributed by atoms with van der Waals surface area (Å²) in [5.41, 5.74) is 10.3. The molecule has 3 heteroatoms. The van der Waals surface area contributed by atoms with Gasteiger partial charge in [-0.2, -0.15) is 0 Å². The fourth-order valence-electron chi connectivity index (χ4n) is 2.93. The average Bonchev–Trinajstić information content (AvgIpc) is 2.33. The lowest BCUT2D eigenvalue weighted by Crippen LogP contribution is -2.42. The smallest absolute Gasteiger partial charge is 0.0236 e. The van der Waals surface area contributed by atoms with Crippen molar-refractivity contribution < 1.29 is 0 Å². The number of piperidine rings is 1. The van der Waals surface area contributed by atoms with E-state index in [1.165, 1.54) is 36.1 Å². The van der Waals surface area contributed by atoms with E-state index >= 15 is 0 Å². The van der Waals surface area contributed by atoms with Gasteiger partial charge in [0.1, 0.15) is 0 Å². The summed E-state index contributed by atoms with van der Waals surface area (Å²) in [4.78, 5) is 2.56. The van der Waals surface area contributed by atoms with Crippen LogP contribution >= 0.6 is 12.4 Å². The molecule has 0 aliphatic carbocycles. The summed E-state index contributed by atoms with van der Waals surface area (Å²) in [6.45, 7) is 9.97. The maximum Gasteiger partial charge on any atom is 0.0236 e. The van der Waals surface area contributed by atoms with Crippen molar-refractivity contribution in [3.8, 4) is 0 Å². The summed E-state index contributed by atoms with van der Waals surface area (Å²) in [7, 11) is 0. The largest absolute Gasteiger partial charge is 0.328 e. The van der Waals surface area contributed by atoms with Gasteiger partial charge in [0.25, 0.3) is 0 Å². The molecule has 2 atom stereocenters. The fourth-order valence-corrected chi connectivity index (χ4v) is 2.93. The van der Waals surface area contributed by atoms with Crippen LogP contribution in [0.1, 0.15) is 36.5 Å². The Labute approximate surface area is 123 Å². The van der Waals surface area contributed by atoms with Crippen LogP contribution in [-0.2, 0) is 6.54 Å². The molecule has 1 saturated heterocycles. The van der Waals surface area contributed by atoms with Gasteiger partial charge < -0.3 is 5.73 Å². The van der Waals surface area contributed by atoms with Gasteiger partial charge in [-0.05, 0) is 57.2 Å². The van der Waals surface area contributed by atoms with Crippen LogP contribution in [-0.4, -0.2) is 24.0 Å². The van der Waals surface area contributed by atoms with E-state index in [0.717, 1.165) is 13.1 Å². The van der Waals surface area contributed by atoms with Crippen LogP contribution in [0.5, 0.6) is 0 Å². The Kier molecular flexibility index (Phi) is 6.31. The minimum Gasteiger partial charge on any atom is -0.328 e. The number of hydrogen-bond donors (Lipinski definition) is 1. The first-order valence-corrected chi connectivity index (χ1v) is 7.10. The summed E-state index contributed by atoms with van der Waals surface area (Å²) >= 11 is 0. The SMILES string of the molecule is Cc1ccc(CN2CCCC(C(C)N)C2)c(C)c1.Cl. The Morgan fingerprint density at radius 2 is 2.11 bits per heavy atom. The van der Waals surface area contributed by atoms with E-state index < -0.39 is 0 Å². The van der Waals surface area contributed by atoms with Crippen molar-refractivity contribution in [1.29, 1.82) is 0 Å². The molecule has 1 aromatic rings. The molecule has 1 aliphatic rings. The Morgan fingerprint density at radius 3 is 2.74 bits per heavy atom. The van der Waals surface area contributed by atoms with Gasteiger partial charge in [-0.25, -0.2) is 0 Å². The van der Waals surface area contributed by atoms with Gasteiger partial charge >= 0.3 is 0 Å². The lowest BCUT2D eigenvalue weighted by molar-refractivity contribution is 0.154. The number of halogens is 1. The summed E-state index contributed by atoms with van der Waals surface area (Å²) in [6.07, 6.45) is 2.58. The highest BCUT2D eigenvalue weighted by atomic mass is 35.5.